The molecule has 4 rings (SSSR count). The van der Waals surface area contributed by atoms with Gasteiger partial charge in [0.15, 0.2) is 0 Å². The van der Waals surface area contributed by atoms with Crippen molar-refractivity contribution in [2.24, 2.45) is 5.92 Å². The highest BCUT2D eigenvalue weighted by Gasteiger charge is 2.19. The number of nitrogens with zero attached hydrogens (tertiary/aromatic N) is 2. The average Bonchev–Trinajstić information content (AvgIpc) is 2.75. The van der Waals surface area contributed by atoms with E-state index in [9.17, 15) is 9.18 Å². The minimum atomic E-state index is -0.258. The van der Waals surface area contributed by atoms with Crippen LogP contribution in [0.2, 0.25) is 0 Å². The Morgan fingerprint density at radius 3 is 2.57 bits per heavy atom. The summed E-state index contributed by atoms with van der Waals surface area (Å²) in [5.74, 6) is 0.989. The van der Waals surface area contributed by atoms with E-state index in [-0.39, 0.29) is 11.4 Å². The molecular weight excluding hydrogens is 375 g/mol. The Bertz CT molecular complexity index is 1050. The molecule has 3 nitrogen and oxygen atoms in total. The average molecular weight is 405 g/mol. The van der Waals surface area contributed by atoms with Gasteiger partial charge in [-0.2, -0.15) is 0 Å². The van der Waals surface area contributed by atoms with Crippen molar-refractivity contribution in [2.45, 2.75) is 58.4 Å². The minimum absolute atomic E-state index is 0.0526. The van der Waals surface area contributed by atoms with Gasteiger partial charge in [-0.25, -0.2) is 9.37 Å². The molecule has 1 saturated carbocycles. The number of halogens is 1. The number of benzene rings is 2. The van der Waals surface area contributed by atoms with Crippen LogP contribution in [-0.4, -0.2) is 9.55 Å². The lowest BCUT2D eigenvalue weighted by molar-refractivity contribution is 0.322. The van der Waals surface area contributed by atoms with Gasteiger partial charge in [-0.3, -0.25) is 9.36 Å². The smallest absolute Gasteiger partial charge is 0.253 e. The van der Waals surface area contributed by atoms with Crippen LogP contribution in [0.15, 0.2) is 59.4 Å². The first-order valence-corrected chi connectivity index (χ1v) is 11.0. The molecule has 0 bridgehead atoms. The molecule has 3 aromatic rings. The van der Waals surface area contributed by atoms with E-state index in [2.05, 4.69) is 0 Å². The fourth-order valence-electron chi connectivity index (χ4n) is 4.58. The molecule has 1 aromatic heterocycles. The van der Waals surface area contributed by atoms with Crippen LogP contribution < -0.4 is 5.56 Å². The van der Waals surface area contributed by atoms with Gasteiger partial charge in [0.1, 0.15) is 11.6 Å². The van der Waals surface area contributed by atoms with Crippen LogP contribution in [0.3, 0.4) is 0 Å². The molecule has 0 saturated heterocycles. The van der Waals surface area contributed by atoms with Gasteiger partial charge < -0.3 is 0 Å². The standard InChI is InChI=1S/C26H29FN2O/c1-19-17-25(30)29(16-15-20-9-4-2-5-10-20)26(28-19)22-13-8-14-24(27)23(22)18-21-11-6-3-7-12-21/h3,6-8,11-14,17,20H,2,4-5,9-10,15-16,18H2,1H3. The van der Waals surface area contributed by atoms with Crippen molar-refractivity contribution in [2.75, 3.05) is 0 Å². The Morgan fingerprint density at radius 1 is 1.03 bits per heavy atom. The first kappa shape index (κ1) is 20.5. The van der Waals surface area contributed by atoms with Gasteiger partial charge in [0.05, 0.1) is 0 Å². The van der Waals surface area contributed by atoms with E-state index in [4.69, 9.17) is 4.98 Å². The van der Waals surface area contributed by atoms with Gasteiger partial charge in [0.2, 0.25) is 0 Å². The van der Waals surface area contributed by atoms with E-state index >= 15 is 0 Å². The summed E-state index contributed by atoms with van der Waals surface area (Å²) in [6, 6.07) is 16.5. The third-order valence-corrected chi connectivity index (χ3v) is 6.21. The molecule has 0 unspecified atom stereocenters. The quantitative estimate of drug-likeness (QED) is 0.511. The Balaban J connectivity index is 1.73. The SMILES string of the molecule is Cc1cc(=O)n(CCC2CCCCC2)c(-c2cccc(F)c2Cc2ccccc2)n1. The van der Waals surface area contributed by atoms with Crippen LogP contribution in [0.25, 0.3) is 11.4 Å². The van der Waals surface area contributed by atoms with Crippen LogP contribution >= 0.6 is 0 Å². The van der Waals surface area contributed by atoms with Crippen LogP contribution in [0.4, 0.5) is 4.39 Å². The predicted molar refractivity (Wildman–Crippen MR) is 119 cm³/mol. The first-order valence-electron chi connectivity index (χ1n) is 11.0. The molecular formula is C26H29FN2O. The maximum absolute atomic E-state index is 14.9. The minimum Gasteiger partial charge on any atom is -0.293 e. The lowest BCUT2D eigenvalue weighted by atomic mass is 9.87. The molecule has 1 fully saturated rings. The molecule has 156 valence electrons. The maximum atomic E-state index is 14.9. The van der Waals surface area contributed by atoms with Crippen LogP contribution in [0.1, 0.15) is 55.3 Å². The summed E-state index contributed by atoms with van der Waals surface area (Å²) in [6.45, 7) is 2.46. The molecule has 1 aliphatic carbocycles. The van der Waals surface area contributed by atoms with Crippen LogP contribution in [0.5, 0.6) is 0 Å². The second-order valence-electron chi connectivity index (χ2n) is 8.43. The van der Waals surface area contributed by atoms with Gasteiger partial charge in [-0.15, -0.1) is 0 Å². The number of aromatic nitrogens is 2. The van der Waals surface area contributed by atoms with Crippen molar-refractivity contribution in [3.05, 3.63) is 87.6 Å². The van der Waals surface area contributed by atoms with E-state index in [1.165, 1.54) is 38.2 Å². The second kappa shape index (κ2) is 9.38. The summed E-state index contributed by atoms with van der Waals surface area (Å²) in [4.78, 5) is 17.6. The summed E-state index contributed by atoms with van der Waals surface area (Å²) in [5, 5.41) is 0. The first-order chi connectivity index (χ1) is 14.6. The lowest BCUT2D eigenvalue weighted by Gasteiger charge is -2.23. The maximum Gasteiger partial charge on any atom is 0.253 e. The zero-order chi connectivity index (χ0) is 20.9. The number of rotatable bonds is 6. The Kier molecular flexibility index (Phi) is 6.41. The van der Waals surface area contributed by atoms with Crippen molar-refractivity contribution in [3.8, 4) is 11.4 Å². The molecule has 0 atom stereocenters. The summed E-state index contributed by atoms with van der Waals surface area (Å²) in [5.41, 5.74) is 2.95. The van der Waals surface area contributed by atoms with E-state index < -0.39 is 0 Å². The predicted octanol–water partition coefficient (Wildman–Crippen LogP) is 5.92. The second-order valence-corrected chi connectivity index (χ2v) is 8.43. The van der Waals surface area contributed by atoms with E-state index in [0.29, 0.717) is 41.5 Å². The molecule has 2 aromatic carbocycles. The summed E-state index contributed by atoms with van der Waals surface area (Å²) in [7, 11) is 0. The molecule has 1 aliphatic rings. The molecule has 1 heterocycles. The van der Waals surface area contributed by atoms with E-state index in [1.807, 2.05) is 43.3 Å². The lowest BCUT2D eigenvalue weighted by Crippen LogP contribution is -2.25. The fourth-order valence-corrected chi connectivity index (χ4v) is 4.58. The molecule has 0 amide bonds. The Hall–Kier alpha value is -2.75. The van der Waals surface area contributed by atoms with Crippen molar-refractivity contribution in [1.82, 2.24) is 9.55 Å². The Labute approximate surface area is 177 Å². The highest BCUT2D eigenvalue weighted by atomic mass is 19.1. The molecule has 4 heteroatoms. The van der Waals surface area contributed by atoms with Crippen LogP contribution in [0, 0.1) is 18.7 Å². The number of aryl methyl sites for hydroxylation is 1. The normalized spacial score (nSPS) is 14.7. The Morgan fingerprint density at radius 2 is 1.80 bits per heavy atom. The van der Waals surface area contributed by atoms with Crippen LogP contribution in [-0.2, 0) is 13.0 Å². The summed E-state index contributed by atoms with van der Waals surface area (Å²) < 4.78 is 16.7. The van der Waals surface area contributed by atoms with Gasteiger partial charge in [-0.1, -0.05) is 74.6 Å². The number of hydrogen-bond donors (Lipinski definition) is 0. The van der Waals surface area contributed by atoms with Gasteiger partial charge >= 0.3 is 0 Å². The monoisotopic (exact) mass is 404 g/mol. The van der Waals surface area contributed by atoms with E-state index in [0.717, 1.165) is 12.0 Å². The van der Waals surface area contributed by atoms with Crippen molar-refractivity contribution >= 4 is 0 Å². The number of hydrogen-bond acceptors (Lipinski definition) is 2. The molecule has 0 N–H and O–H groups in total. The van der Waals surface area contributed by atoms with Crippen molar-refractivity contribution in [3.63, 3.8) is 0 Å². The van der Waals surface area contributed by atoms with Gasteiger partial charge in [-0.05, 0) is 30.9 Å². The molecule has 0 radical (unpaired) electrons. The topological polar surface area (TPSA) is 34.9 Å². The summed E-state index contributed by atoms with van der Waals surface area (Å²) >= 11 is 0. The highest BCUT2D eigenvalue weighted by molar-refractivity contribution is 5.62. The fraction of sp³-hybridized carbons (Fsp3) is 0.385. The van der Waals surface area contributed by atoms with E-state index in [1.54, 1.807) is 16.7 Å². The molecule has 30 heavy (non-hydrogen) atoms. The molecule has 0 aliphatic heterocycles. The van der Waals surface area contributed by atoms with Crippen molar-refractivity contribution < 1.29 is 4.39 Å². The third kappa shape index (κ3) is 4.69. The van der Waals surface area contributed by atoms with Crippen molar-refractivity contribution in [1.29, 1.82) is 0 Å². The summed E-state index contributed by atoms with van der Waals surface area (Å²) in [6.07, 6.45) is 7.80. The van der Waals surface area contributed by atoms with Gasteiger partial charge in [0.25, 0.3) is 5.56 Å². The zero-order valence-electron chi connectivity index (χ0n) is 17.6. The van der Waals surface area contributed by atoms with Gasteiger partial charge in [0, 0.05) is 35.9 Å². The largest absolute Gasteiger partial charge is 0.293 e. The zero-order valence-corrected chi connectivity index (χ0v) is 17.6. The molecule has 0 spiro atoms. The third-order valence-electron chi connectivity index (χ3n) is 6.21. The highest BCUT2D eigenvalue weighted by Crippen LogP contribution is 2.29.